The van der Waals surface area contributed by atoms with Gasteiger partial charge in [0.2, 0.25) is 0 Å². The van der Waals surface area contributed by atoms with Gasteiger partial charge in [0.1, 0.15) is 24.6 Å². The predicted octanol–water partition coefficient (Wildman–Crippen LogP) is 3.77. The van der Waals surface area contributed by atoms with Crippen LogP contribution in [0.3, 0.4) is 0 Å². The third-order valence-corrected chi connectivity index (χ3v) is 6.10. The average molecular weight is 563 g/mol. The molecule has 5 rings (SSSR count). The highest BCUT2D eigenvalue weighted by Gasteiger charge is 2.16. The molecule has 10 heteroatoms. The normalized spacial score (nSPS) is 10.5. The zero-order valence-corrected chi connectivity index (χ0v) is 22.3. The number of benzene rings is 3. The molecule has 0 aliphatic carbocycles. The molecule has 42 heavy (non-hydrogen) atoms. The molecule has 2 aromatic heterocycles. The fourth-order valence-electron chi connectivity index (χ4n) is 4.01. The molecule has 0 saturated carbocycles. The highest BCUT2D eigenvalue weighted by Crippen LogP contribution is 2.16. The number of hydrogen-bond donors (Lipinski definition) is 2. The quantitative estimate of drug-likeness (QED) is 0.267. The molecule has 0 radical (unpaired) electrons. The third kappa shape index (κ3) is 6.80. The van der Waals surface area contributed by atoms with Crippen LogP contribution >= 0.6 is 0 Å². The van der Waals surface area contributed by atoms with E-state index in [0.717, 1.165) is 20.6 Å². The van der Waals surface area contributed by atoms with E-state index < -0.39 is 22.9 Å². The van der Waals surface area contributed by atoms with Crippen molar-refractivity contribution in [3.05, 3.63) is 165 Å². The SMILES string of the molecule is O=C(Nc1ccc(NC(=O)c2cccc(=O)n2OCc2ccccc2)cc1)c1cccc(=O)n1OCc1ccccc1. The molecule has 10 nitrogen and oxygen atoms in total. The fraction of sp³-hybridized carbons (Fsp3) is 0.0625. The van der Waals surface area contributed by atoms with Crippen molar-refractivity contribution in [3.8, 4) is 0 Å². The van der Waals surface area contributed by atoms with E-state index >= 15 is 0 Å². The summed E-state index contributed by atoms with van der Waals surface area (Å²) in [6.07, 6.45) is 0. The molecular weight excluding hydrogens is 536 g/mol. The number of nitrogens with one attached hydrogen (secondary N) is 2. The lowest BCUT2D eigenvalue weighted by Crippen LogP contribution is -2.32. The van der Waals surface area contributed by atoms with E-state index in [1.54, 1.807) is 24.3 Å². The molecule has 0 unspecified atom stereocenters. The van der Waals surface area contributed by atoms with Gasteiger partial charge in [0.25, 0.3) is 22.9 Å². The summed E-state index contributed by atoms with van der Waals surface area (Å²) in [5, 5.41) is 5.46. The fourth-order valence-corrected chi connectivity index (χ4v) is 4.01. The molecule has 0 aliphatic rings. The topological polar surface area (TPSA) is 121 Å². The molecule has 0 fully saturated rings. The molecule has 5 aromatic rings. The van der Waals surface area contributed by atoms with Crippen molar-refractivity contribution in [3.63, 3.8) is 0 Å². The van der Waals surface area contributed by atoms with Crippen molar-refractivity contribution in [2.24, 2.45) is 0 Å². The van der Waals surface area contributed by atoms with Gasteiger partial charge in [-0.05, 0) is 47.5 Å². The van der Waals surface area contributed by atoms with Crippen LogP contribution in [0.5, 0.6) is 0 Å². The Morgan fingerprint density at radius 1 is 0.500 bits per heavy atom. The molecule has 3 aromatic carbocycles. The molecule has 2 amide bonds. The summed E-state index contributed by atoms with van der Waals surface area (Å²) in [7, 11) is 0. The van der Waals surface area contributed by atoms with Crippen LogP contribution in [-0.4, -0.2) is 21.3 Å². The summed E-state index contributed by atoms with van der Waals surface area (Å²) in [6.45, 7) is 0.206. The van der Waals surface area contributed by atoms with Gasteiger partial charge < -0.3 is 20.3 Å². The minimum absolute atomic E-state index is 0.0216. The zero-order valence-electron chi connectivity index (χ0n) is 22.3. The number of pyridine rings is 2. The Bertz CT molecular complexity index is 1670. The summed E-state index contributed by atoms with van der Waals surface area (Å²) in [5.41, 5.74) is 1.60. The lowest BCUT2D eigenvalue weighted by molar-refractivity contribution is 0.0742. The predicted molar refractivity (Wildman–Crippen MR) is 157 cm³/mol. The first-order chi connectivity index (χ1) is 20.5. The van der Waals surface area contributed by atoms with Crippen LogP contribution in [0.25, 0.3) is 0 Å². The number of anilines is 2. The van der Waals surface area contributed by atoms with E-state index in [0.29, 0.717) is 11.4 Å². The number of nitrogens with zero attached hydrogens (tertiary/aromatic N) is 2. The molecule has 0 saturated heterocycles. The Hall–Kier alpha value is -5.90. The summed E-state index contributed by atoms with van der Waals surface area (Å²) in [6, 6.07) is 33.4. The van der Waals surface area contributed by atoms with Gasteiger partial charge in [0, 0.05) is 23.5 Å². The molecule has 210 valence electrons. The maximum Gasteiger partial charge on any atom is 0.283 e. The number of carbonyl (C=O) groups is 2. The van der Waals surface area contributed by atoms with Gasteiger partial charge in [-0.2, -0.15) is 0 Å². The van der Waals surface area contributed by atoms with Gasteiger partial charge in [-0.25, -0.2) is 0 Å². The smallest absolute Gasteiger partial charge is 0.283 e. The van der Waals surface area contributed by atoms with Crippen LogP contribution in [0.15, 0.2) is 131 Å². The molecule has 0 atom stereocenters. The Balaban J connectivity index is 1.24. The van der Waals surface area contributed by atoms with Crippen molar-refractivity contribution >= 4 is 23.2 Å². The molecule has 0 spiro atoms. The molecule has 2 N–H and O–H groups in total. The van der Waals surface area contributed by atoms with Gasteiger partial charge in [-0.15, -0.1) is 9.46 Å². The first-order valence-corrected chi connectivity index (χ1v) is 13.0. The van der Waals surface area contributed by atoms with Crippen molar-refractivity contribution in [2.75, 3.05) is 10.6 Å². The van der Waals surface area contributed by atoms with Gasteiger partial charge in [0.05, 0.1) is 0 Å². The van der Waals surface area contributed by atoms with E-state index in [4.69, 9.17) is 9.68 Å². The molecular formula is C32H26N4O6. The Labute approximate surface area is 240 Å². The molecule has 0 bridgehead atoms. The monoisotopic (exact) mass is 562 g/mol. The van der Waals surface area contributed by atoms with E-state index in [1.165, 1.54) is 36.4 Å². The summed E-state index contributed by atoms with van der Waals surface area (Å²) < 4.78 is 1.91. The zero-order chi connectivity index (χ0) is 29.3. The van der Waals surface area contributed by atoms with Crippen LogP contribution in [0.2, 0.25) is 0 Å². The Kier molecular flexibility index (Phi) is 8.54. The molecule has 2 heterocycles. The van der Waals surface area contributed by atoms with E-state index in [1.807, 2.05) is 60.7 Å². The first-order valence-electron chi connectivity index (χ1n) is 13.0. The van der Waals surface area contributed by atoms with Crippen LogP contribution < -0.4 is 31.4 Å². The van der Waals surface area contributed by atoms with Gasteiger partial charge in [0.15, 0.2) is 0 Å². The minimum Gasteiger partial charge on any atom is -0.405 e. The van der Waals surface area contributed by atoms with Crippen molar-refractivity contribution in [2.45, 2.75) is 13.2 Å². The number of aromatic nitrogens is 2. The number of amides is 2. The lowest BCUT2D eigenvalue weighted by Gasteiger charge is -2.14. The van der Waals surface area contributed by atoms with Crippen LogP contribution in [0.1, 0.15) is 32.1 Å². The van der Waals surface area contributed by atoms with Crippen molar-refractivity contribution < 1.29 is 19.3 Å². The largest absolute Gasteiger partial charge is 0.405 e. The van der Waals surface area contributed by atoms with E-state index in [9.17, 15) is 19.2 Å². The molecule has 0 aliphatic heterocycles. The Morgan fingerprint density at radius 3 is 1.26 bits per heavy atom. The number of hydrogen-bond acceptors (Lipinski definition) is 6. The first kappa shape index (κ1) is 27.7. The van der Waals surface area contributed by atoms with E-state index in [2.05, 4.69) is 10.6 Å². The summed E-state index contributed by atoms with van der Waals surface area (Å²) >= 11 is 0. The lowest BCUT2D eigenvalue weighted by atomic mass is 10.2. The second kappa shape index (κ2) is 13.0. The minimum atomic E-state index is -0.554. The summed E-state index contributed by atoms with van der Waals surface area (Å²) in [5.74, 6) is -1.11. The van der Waals surface area contributed by atoms with Gasteiger partial charge in [-0.1, -0.05) is 72.8 Å². The summed E-state index contributed by atoms with van der Waals surface area (Å²) in [4.78, 5) is 62.2. The van der Waals surface area contributed by atoms with Crippen LogP contribution in [0, 0.1) is 0 Å². The standard InChI is InChI=1S/C32H26N4O6/c37-29-15-7-13-27(35(29)41-21-23-9-3-1-4-10-23)31(39)33-25-17-19-26(20-18-25)34-32(40)28-14-8-16-30(38)36(28)42-22-24-11-5-2-6-12-24/h1-20H,21-22H2,(H,33,39)(H,34,40). The van der Waals surface area contributed by atoms with Crippen LogP contribution in [0.4, 0.5) is 11.4 Å². The van der Waals surface area contributed by atoms with Gasteiger partial charge in [-0.3, -0.25) is 19.2 Å². The number of carbonyl (C=O) groups excluding carboxylic acids is 2. The second-order valence-electron chi connectivity index (χ2n) is 9.09. The van der Waals surface area contributed by atoms with Crippen molar-refractivity contribution in [1.29, 1.82) is 0 Å². The van der Waals surface area contributed by atoms with Gasteiger partial charge >= 0.3 is 0 Å². The average Bonchev–Trinajstić information content (AvgIpc) is 3.01. The number of rotatable bonds is 10. The Morgan fingerprint density at radius 2 is 0.881 bits per heavy atom. The van der Waals surface area contributed by atoms with Crippen LogP contribution in [-0.2, 0) is 13.2 Å². The second-order valence-corrected chi connectivity index (χ2v) is 9.09. The van der Waals surface area contributed by atoms with Crippen molar-refractivity contribution in [1.82, 2.24) is 9.46 Å². The maximum atomic E-state index is 13.0. The van der Waals surface area contributed by atoms with E-state index in [-0.39, 0.29) is 24.6 Å². The third-order valence-electron chi connectivity index (χ3n) is 6.10. The highest BCUT2D eigenvalue weighted by atomic mass is 16.7. The maximum absolute atomic E-state index is 13.0. The highest BCUT2D eigenvalue weighted by molar-refractivity contribution is 6.04.